The third kappa shape index (κ3) is 2.24. The van der Waals surface area contributed by atoms with Crippen LogP contribution in [0.15, 0.2) is 21.7 Å². The zero-order valence-electron chi connectivity index (χ0n) is 7.14. The van der Waals surface area contributed by atoms with Crippen LogP contribution in [-0.4, -0.2) is 9.59 Å². The van der Waals surface area contributed by atoms with E-state index in [4.69, 9.17) is 5.84 Å². The van der Waals surface area contributed by atoms with Gasteiger partial charge in [-0.05, 0) is 11.4 Å². The predicted octanol–water partition coefficient (Wildman–Crippen LogP) is 2.18. The van der Waals surface area contributed by atoms with Gasteiger partial charge in [-0.15, -0.1) is 28.2 Å². The molecule has 4 nitrogen and oxygen atoms in total. The fourth-order valence-corrected chi connectivity index (χ4v) is 3.20. The Morgan fingerprint density at radius 3 is 3.21 bits per heavy atom. The topological polar surface area (TPSA) is 63.8 Å². The van der Waals surface area contributed by atoms with E-state index < -0.39 is 0 Å². The van der Waals surface area contributed by atoms with Crippen LogP contribution in [0.4, 0.5) is 5.00 Å². The summed E-state index contributed by atoms with van der Waals surface area (Å²) in [5.41, 5.74) is 3.50. The minimum Gasteiger partial charge on any atom is -0.313 e. The van der Waals surface area contributed by atoms with Crippen molar-refractivity contribution in [3.63, 3.8) is 0 Å². The minimum atomic E-state index is 0.802. The molecule has 74 valence electrons. The molecule has 0 aliphatic rings. The van der Waals surface area contributed by atoms with Crippen molar-refractivity contribution in [2.75, 3.05) is 5.43 Å². The normalized spacial score (nSPS) is 10.4. The molecule has 0 aromatic carbocycles. The lowest BCUT2D eigenvalue weighted by Gasteiger charge is -1.97. The number of anilines is 1. The fourth-order valence-electron chi connectivity index (χ4n) is 0.898. The Labute approximate surface area is 93.7 Å². The maximum absolute atomic E-state index is 5.32. The molecule has 0 radical (unpaired) electrons. The molecule has 0 aliphatic carbocycles. The van der Waals surface area contributed by atoms with E-state index in [9.17, 15) is 0 Å². The van der Waals surface area contributed by atoms with E-state index in [1.807, 2.05) is 6.07 Å². The largest absolute Gasteiger partial charge is 0.313 e. The van der Waals surface area contributed by atoms with Crippen LogP contribution >= 0.6 is 34.6 Å². The number of hydrazine groups is 1. The summed E-state index contributed by atoms with van der Waals surface area (Å²) in [6.45, 7) is 0. The summed E-state index contributed by atoms with van der Waals surface area (Å²) in [4.78, 5) is 0. The molecular formula is C7H8N4S3. The quantitative estimate of drug-likeness (QED) is 0.490. The number of thiophene rings is 1. The van der Waals surface area contributed by atoms with E-state index in [2.05, 4.69) is 26.5 Å². The average Bonchev–Trinajstić information content (AvgIpc) is 2.85. The maximum atomic E-state index is 5.32. The Bertz CT molecular complexity index is 383. The van der Waals surface area contributed by atoms with Crippen molar-refractivity contribution in [2.24, 2.45) is 5.84 Å². The second-order valence-electron chi connectivity index (χ2n) is 2.41. The van der Waals surface area contributed by atoms with Crippen LogP contribution in [0, 0.1) is 0 Å². The number of nitrogens with two attached hydrogens (primary N) is 1. The van der Waals surface area contributed by atoms with Crippen LogP contribution in [0.3, 0.4) is 0 Å². The Hall–Kier alpha value is -0.630. The Balaban J connectivity index is 1.98. The SMILES string of the molecule is NNc1snnc1CSc1cccs1. The van der Waals surface area contributed by atoms with Crippen molar-refractivity contribution in [1.29, 1.82) is 0 Å². The highest BCUT2D eigenvalue weighted by molar-refractivity contribution is 8.00. The van der Waals surface area contributed by atoms with Crippen molar-refractivity contribution in [1.82, 2.24) is 9.59 Å². The maximum Gasteiger partial charge on any atom is 0.148 e. The minimum absolute atomic E-state index is 0.802. The third-order valence-electron chi connectivity index (χ3n) is 1.53. The van der Waals surface area contributed by atoms with Crippen molar-refractivity contribution < 1.29 is 0 Å². The molecule has 0 atom stereocenters. The highest BCUT2D eigenvalue weighted by Crippen LogP contribution is 2.29. The number of nitrogens with one attached hydrogen (secondary N) is 1. The Morgan fingerprint density at radius 2 is 2.50 bits per heavy atom. The van der Waals surface area contributed by atoms with Crippen molar-refractivity contribution in [3.8, 4) is 0 Å². The first kappa shape index (κ1) is 9.91. The van der Waals surface area contributed by atoms with E-state index in [1.54, 1.807) is 23.1 Å². The van der Waals surface area contributed by atoms with Gasteiger partial charge in [0, 0.05) is 17.3 Å². The first-order valence-electron chi connectivity index (χ1n) is 3.84. The monoisotopic (exact) mass is 244 g/mol. The van der Waals surface area contributed by atoms with E-state index in [0.717, 1.165) is 16.4 Å². The molecule has 0 unspecified atom stereocenters. The second-order valence-corrected chi connectivity index (χ2v) is 5.39. The molecule has 2 aromatic heterocycles. The molecule has 0 bridgehead atoms. The van der Waals surface area contributed by atoms with Crippen LogP contribution in [0.5, 0.6) is 0 Å². The molecular weight excluding hydrogens is 236 g/mol. The molecule has 14 heavy (non-hydrogen) atoms. The van der Waals surface area contributed by atoms with Crippen LogP contribution < -0.4 is 11.3 Å². The predicted molar refractivity (Wildman–Crippen MR) is 61.6 cm³/mol. The van der Waals surface area contributed by atoms with Gasteiger partial charge < -0.3 is 5.43 Å². The molecule has 7 heteroatoms. The highest BCUT2D eigenvalue weighted by Gasteiger charge is 2.06. The first-order valence-corrected chi connectivity index (χ1v) is 6.48. The van der Waals surface area contributed by atoms with Gasteiger partial charge in [-0.1, -0.05) is 10.6 Å². The van der Waals surface area contributed by atoms with Gasteiger partial charge in [-0.3, -0.25) is 0 Å². The van der Waals surface area contributed by atoms with Gasteiger partial charge >= 0.3 is 0 Å². The lowest BCUT2D eigenvalue weighted by Crippen LogP contribution is -2.06. The van der Waals surface area contributed by atoms with Crippen LogP contribution in [0.1, 0.15) is 5.69 Å². The van der Waals surface area contributed by atoms with Crippen molar-refractivity contribution >= 4 is 39.6 Å². The fraction of sp³-hybridized carbons (Fsp3) is 0.143. The third-order valence-corrected chi connectivity index (χ3v) is 4.37. The number of nitrogen functional groups attached to an aromatic ring is 1. The Morgan fingerprint density at radius 1 is 1.57 bits per heavy atom. The number of aromatic nitrogens is 2. The standard InChI is InChI=1S/C7H8N4S3/c8-9-7-5(10-11-14-7)4-13-6-2-1-3-12-6/h1-3,9H,4,8H2. The summed E-state index contributed by atoms with van der Waals surface area (Å²) < 4.78 is 5.11. The van der Waals surface area contributed by atoms with Crippen molar-refractivity contribution in [2.45, 2.75) is 9.96 Å². The van der Waals surface area contributed by atoms with Crippen LogP contribution in [0.25, 0.3) is 0 Å². The smallest absolute Gasteiger partial charge is 0.148 e. The second kappa shape index (κ2) is 4.74. The Kier molecular flexibility index (Phi) is 3.35. The van der Waals surface area contributed by atoms with E-state index in [0.29, 0.717) is 0 Å². The summed E-state index contributed by atoms with van der Waals surface area (Å²) in [6.07, 6.45) is 0. The molecule has 0 amide bonds. The molecule has 2 rings (SSSR count). The summed E-state index contributed by atoms with van der Waals surface area (Å²) in [6, 6.07) is 4.12. The van der Waals surface area contributed by atoms with Crippen molar-refractivity contribution in [3.05, 3.63) is 23.2 Å². The summed E-state index contributed by atoms with van der Waals surface area (Å²) in [5.74, 6) is 6.12. The average molecular weight is 244 g/mol. The van der Waals surface area contributed by atoms with Gasteiger partial charge in [-0.2, -0.15) is 0 Å². The zero-order valence-corrected chi connectivity index (χ0v) is 9.59. The van der Waals surface area contributed by atoms with E-state index in [1.165, 1.54) is 15.7 Å². The van der Waals surface area contributed by atoms with E-state index in [-0.39, 0.29) is 0 Å². The highest BCUT2D eigenvalue weighted by atomic mass is 32.2. The number of thioether (sulfide) groups is 1. The molecule has 2 aromatic rings. The zero-order chi connectivity index (χ0) is 9.80. The number of nitrogens with zero attached hydrogens (tertiary/aromatic N) is 2. The molecule has 3 N–H and O–H groups in total. The molecule has 0 aliphatic heterocycles. The summed E-state index contributed by atoms with van der Waals surface area (Å²) in [7, 11) is 0. The van der Waals surface area contributed by atoms with Crippen LogP contribution in [0.2, 0.25) is 0 Å². The first-order chi connectivity index (χ1) is 6.90. The molecule has 0 fully saturated rings. The lowest BCUT2D eigenvalue weighted by atomic mass is 10.5. The molecule has 0 spiro atoms. The van der Waals surface area contributed by atoms with Gasteiger partial charge in [-0.25, -0.2) is 5.84 Å². The number of rotatable bonds is 4. The lowest BCUT2D eigenvalue weighted by molar-refractivity contribution is 1.07. The van der Waals surface area contributed by atoms with Gasteiger partial charge in [0.2, 0.25) is 0 Å². The molecule has 0 saturated carbocycles. The summed E-state index contributed by atoms with van der Waals surface area (Å²) >= 11 is 4.75. The van der Waals surface area contributed by atoms with E-state index >= 15 is 0 Å². The van der Waals surface area contributed by atoms with Crippen LogP contribution in [-0.2, 0) is 5.75 Å². The number of hydrogen-bond donors (Lipinski definition) is 2. The number of hydrogen-bond acceptors (Lipinski definition) is 7. The summed E-state index contributed by atoms with van der Waals surface area (Å²) in [5, 5.41) is 6.90. The molecule has 0 saturated heterocycles. The van der Waals surface area contributed by atoms with Gasteiger partial charge in [0.1, 0.15) is 10.7 Å². The van der Waals surface area contributed by atoms with Gasteiger partial charge in [0.25, 0.3) is 0 Å². The molecule has 2 heterocycles. The van der Waals surface area contributed by atoms with Gasteiger partial charge in [0.05, 0.1) is 4.21 Å². The van der Waals surface area contributed by atoms with Gasteiger partial charge in [0.15, 0.2) is 0 Å².